The number of hydrogen-bond acceptors (Lipinski definition) is 3. The van der Waals surface area contributed by atoms with Crippen LogP contribution in [0.2, 0.25) is 0 Å². The van der Waals surface area contributed by atoms with Crippen molar-refractivity contribution in [3.8, 4) is 0 Å². The minimum Gasteiger partial charge on any atom is -0.328 e. The number of amides is 1. The highest BCUT2D eigenvalue weighted by Crippen LogP contribution is 2.28. The number of benzene rings is 3. The molecule has 0 radical (unpaired) electrons. The summed E-state index contributed by atoms with van der Waals surface area (Å²) in [5.74, 6) is 0.626. The number of carbonyl (C=O) groups excluding carboxylic acids is 1. The van der Waals surface area contributed by atoms with Gasteiger partial charge in [0, 0.05) is 18.7 Å². The molecule has 0 saturated heterocycles. The van der Waals surface area contributed by atoms with Gasteiger partial charge in [0.1, 0.15) is 5.82 Å². The number of rotatable bonds is 7. The van der Waals surface area contributed by atoms with Crippen LogP contribution in [0.3, 0.4) is 0 Å². The highest BCUT2D eigenvalue weighted by Gasteiger charge is 2.29. The van der Waals surface area contributed by atoms with Gasteiger partial charge in [-0.1, -0.05) is 62.4 Å². The van der Waals surface area contributed by atoms with Gasteiger partial charge in [-0.3, -0.25) is 14.2 Å². The van der Waals surface area contributed by atoms with Gasteiger partial charge in [-0.15, -0.1) is 0 Å². The van der Waals surface area contributed by atoms with Gasteiger partial charge >= 0.3 is 0 Å². The van der Waals surface area contributed by atoms with E-state index in [9.17, 15) is 9.59 Å². The predicted molar refractivity (Wildman–Crippen MR) is 130 cm³/mol. The Hall–Kier alpha value is -3.47. The van der Waals surface area contributed by atoms with Crippen LogP contribution in [0.5, 0.6) is 0 Å². The van der Waals surface area contributed by atoms with Crippen molar-refractivity contribution in [3.63, 3.8) is 0 Å². The van der Waals surface area contributed by atoms with E-state index < -0.39 is 0 Å². The van der Waals surface area contributed by atoms with Crippen LogP contribution in [0, 0.1) is 0 Å². The van der Waals surface area contributed by atoms with E-state index in [1.807, 2.05) is 85.5 Å². The molecule has 1 amide bonds. The van der Waals surface area contributed by atoms with Crippen LogP contribution in [0.15, 0.2) is 71.5 Å². The number of fused-ring (bicyclic) bond motifs is 2. The second-order valence-corrected chi connectivity index (χ2v) is 7.99. The van der Waals surface area contributed by atoms with E-state index in [1.54, 1.807) is 4.57 Å². The van der Waals surface area contributed by atoms with Gasteiger partial charge < -0.3 is 4.90 Å². The second-order valence-electron chi connectivity index (χ2n) is 7.99. The maximum absolute atomic E-state index is 13.9. The van der Waals surface area contributed by atoms with Gasteiger partial charge in [0.15, 0.2) is 0 Å². The fourth-order valence-corrected chi connectivity index (χ4v) is 4.49. The molecule has 0 bridgehead atoms. The second kappa shape index (κ2) is 9.35. The van der Waals surface area contributed by atoms with Crippen LogP contribution >= 0.6 is 0 Å². The van der Waals surface area contributed by atoms with E-state index in [0.29, 0.717) is 41.8 Å². The van der Waals surface area contributed by atoms with Crippen molar-refractivity contribution in [1.29, 1.82) is 0 Å². The normalized spacial score (nSPS) is 12.2. The van der Waals surface area contributed by atoms with Crippen molar-refractivity contribution in [2.45, 2.75) is 46.2 Å². The van der Waals surface area contributed by atoms with Gasteiger partial charge in [-0.25, -0.2) is 4.98 Å². The summed E-state index contributed by atoms with van der Waals surface area (Å²) < 4.78 is 1.72. The van der Waals surface area contributed by atoms with Crippen LogP contribution in [-0.4, -0.2) is 26.9 Å². The molecule has 3 aromatic carbocycles. The maximum atomic E-state index is 13.9. The number of hydrogen-bond donors (Lipinski definition) is 0. The Kier molecular flexibility index (Phi) is 6.35. The highest BCUT2D eigenvalue weighted by molar-refractivity contribution is 6.07. The SMILES string of the molecule is CCCN(C(=O)c1cccc2ccccc12)C(CC)c1nc2ccccc2c(=O)n1CC. The minimum atomic E-state index is -0.293. The van der Waals surface area contributed by atoms with Crippen molar-refractivity contribution in [2.24, 2.45) is 0 Å². The van der Waals surface area contributed by atoms with E-state index in [2.05, 4.69) is 6.92 Å². The Balaban J connectivity index is 1.87. The first-order valence-electron chi connectivity index (χ1n) is 11.4. The molecule has 5 nitrogen and oxygen atoms in total. The van der Waals surface area contributed by atoms with Crippen molar-refractivity contribution >= 4 is 27.6 Å². The summed E-state index contributed by atoms with van der Waals surface area (Å²) in [4.78, 5) is 33.9. The van der Waals surface area contributed by atoms with Gasteiger partial charge in [0.05, 0.1) is 16.9 Å². The average molecular weight is 428 g/mol. The van der Waals surface area contributed by atoms with E-state index in [-0.39, 0.29) is 17.5 Å². The molecule has 5 heteroatoms. The van der Waals surface area contributed by atoms with Crippen LogP contribution in [0.25, 0.3) is 21.7 Å². The monoisotopic (exact) mass is 427 g/mol. The first-order chi connectivity index (χ1) is 15.6. The summed E-state index contributed by atoms with van der Waals surface area (Å²) in [5, 5.41) is 2.59. The molecule has 0 spiro atoms. The summed E-state index contributed by atoms with van der Waals surface area (Å²) in [5.41, 5.74) is 1.30. The number of para-hydroxylation sites is 1. The molecular formula is C27H29N3O2. The van der Waals surface area contributed by atoms with Crippen LogP contribution < -0.4 is 5.56 Å². The molecule has 1 aromatic heterocycles. The Labute approximate surface area is 188 Å². The molecular weight excluding hydrogens is 398 g/mol. The number of carbonyl (C=O) groups is 1. The van der Waals surface area contributed by atoms with Crippen molar-refractivity contribution in [2.75, 3.05) is 6.54 Å². The Morgan fingerprint density at radius 3 is 2.34 bits per heavy atom. The highest BCUT2D eigenvalue weighted by atomic mass is 16.2. The van der Waals surface area contributed by atoms with E-state index in [1.165, 1.54) is 0 Å². The van der Waals surface area contributed by atoms with Gasteiger partial charge in [0.25, 0.3) is 11.5 Å². The van der Waals surface area contributed by atoms with Crippen LogP contribution in [-0.2, 0) is 6.54 Å². The molecule has 0 aliphatic carbocycles. The minimum absolute atomic E-state index is 0.0273. The zero-order valence-corrected chi connectivity index (χ0v) is 18.9. The fourth-order valence-electron chi connectivity index (χ4n) is 4.49. The zero-order chi connectivity index (χ0) is 22.7. The first kappa shape index (κ1) is 21.8. The standard InChI is InChI=1S/C27H29N3O2/c1-4-18-30(26(31)21-16-11-13-19-12-7-8-14-20(19)21)24(5-2)25-28-23-17-10-9-15-22(23)27(32)29(25)6-3/h7-17,24H,4-6,18H2,1-3H3. The smallest absolute Gasteiger partial charge is 0.261 e. The topological polar surface area (TPSA) is 55.2 Å². The van der Waals surface area contributed by atoms with E-state index in [0.717, 1.165) is 17.2 Å². The molecule has 1 unspecified atom stereocenters. The summed E-state index contributed by atoms with van der Waals surface area (Å²) in [6.07, 6.45) is 1.48. The molecule has 0 fully saturated rings. The van der Waals surface area contributed by atoms with Gasteiger partial charge in [0.2, 0.25) is 0 Å². The third-order valence-corrected chi connectivity index (χ3v) is 6.01. The molecule has 32 heavy (non-hydrogen) atoms. The van der Waals surface area contributed by atoms with Gasteiger partial charge in [-0.2, -0.15) is 0 Å². The van der Waals surface area contributed by atoms with Crippen LogP contribution in [0.1, 0.15) is 55.8 Å². The van der Waals surface area contributed by atoms with Gasteiger partial charge in [-0.05, 0) is 48.7 Å². The summed E-state index contributed by atoms with van der Waals surface area (Å²) >= 11 is 0. The quantitative estimate of drug-likeness (QED) is 0.387. The maximum Gasteiger partial charge on any atom is 0.261 e. The Morgan fingerprint density at radius 1 is 0.938 bits per heavy atom. The average Bonchev–Trinajstić information content (AvgIpc) is 2.83. The van der Waals surface area contributed by atoms with Crippen LogP contribution in [0.4, 0.5) is 0 Å². The van der Waals surface area contributed by atoms with Crippen molar-refractivity contribution in [1.82, 2.24) is 14.5 Å². The predicted octanol–water partition coefficient (Wildman–Crippen LogP) is 5.57. The summed E-state index contributed by atoms with van der Waals surface area (Å²) in [7, 11) is 0. The first-order valence-corrected chi connectivity index (χ1v) is 11.4. The molecule has 0 aliphatic rings. The lowest BCUT2D eigenvalue weighted by Crippen LogP contribution is -2.39. The summed E-state index contributed by atoms with van der Waals surface area (Å²) in [6, 6.07) is 20.9. The molecule has 4 aromatic rings. The van der Waals surface area contributed by atoms with E-state index >= 15 is 0 Å². The van der Waals surface area contributed by atoms with Crippen molar-refractivity contribution < 1.29 is 4.79 Å². The lowest BCUT2D eigenvalue weighted by atomic mass is 10.0. The molecule has 1 atom stereocenters. The Bertz CT molecular complexity index is 1320. The molecule has 1 heterocycles. The molecule has 164 valence electrons. The molecule has 0 saturated carbocycles. The number of nitrogens with zero attached hydrogens (tertiary/aromatic N) is 3. The molecule has 0 aliphatic heterocycles. The third-order valence-electron chi connectivity index (χ3n) is 6.01. The largest absolute Gasteiger partial charge is 0.328 e. The third kappa shape index (κ3) is 3.79. The zero-order valence-electron chi connectivity index (χ0n) is 18.9. The Morgan fingerprint density at radius 2 is 1.62 bits per heavy atom. The summed E-state index contributed by atoms with van der Waals surface area (Å²) in [6.45, 7) is 7.16. The molecule has 0 N–H and O–H groups in total. The number of aromatic nitrogens is 2. The fraction of sp³-hybridized carbons (Fsp3) is 0.296. The molecule has 4 rings (SSSR count). The van der Waals surface area contributed by atoms with Crippen molar-refractivity contribution in [3.05, 3.63) is 88.5 Å². The lowest BCUT2D eigenvalue weighted by molar-refractivity contribution is 0.0659. The van der Waals surface area contributed by atoms with E-state index in [4.69, 9.17) is 4.98 Å². The lowest BCUT2D eigenvalue weighted by Gasteiger charge is -2.32.